The minimum Gasteiger partial charge on any atom is -0.298 e. The smallest absolute Gasteiger partial charge is 0.257 e. The first-order valence-corrected chi connectivity index (χ1v) is 7.40. The van der Waals surface area contributed by atoms with E-state index in [4.69, 9.17) is 0 Å². The van der Waals surface area contributed by atoms with Gasteiger partial charge in [0.05, 0.1) is 10.6 Å². The number of aryl methyl sites for hydroxylation is 1. The van der Waals surface area contributed by atoms with E-state index in [0.717, 1.165) is 16.1 Å². The minimum absolute atomic E-state index is 0.260. The molecule has 2 heterocycles. The van der Waals surface area contributed by atoms with Crippen LogP contribution in [0, 0.1) is 12.7 Å². The molecule has 0 fully saturated rings. The van der Waals surface area contributed by atoms with Crippen LogP contribution in [-0.4, -0.2) is 15.9 Å². The van der Waals surface area contributed by atoms with E-state index in [2.05, 4.69) is 15.3 Å². The summed E-state index contributed by atoms with van der Waals surface area (Å²) < 4.78 is 13.2. The normalized spacial score (nSPS) is 10.5. The van der Waals surface area contributed by atoms with Crippen molar-refractivity contribution >= 4 is 22.4 Å². The van der Waals surface area contributed by atoms with Crippen LogP contribution in [0.25, 0.3) is 10.4 Å². The molecule has 22 heavy (non-hydrogen) atoms. The monoisotopic (exact) mass is 313 g/mol. The van der Waals surface area contributed by atoms with Crippen LogP contribution < -0.4 is 5.32 Å². The van der Waals surface area contributed by atoms with Crippen molar-refractivity contribution in [3.05, 3.63) is 65.9 Å². The Hall–Kier alpha value is -2.60. The fraction of sp³-hybridized carbons (Fsp3) is 0.0625. The van der Waals surface area contributed by atoms with Gasteiger partial charge in [-0.2, -0.15) is 0 Å². The number of carbonyl (C=O) groups is 1. The lowest BCUT2D eigenvalue weighted by molar-refractivity contribution is 0.102. The summed E-state index contributed by atoms with van der Waals surface area (Å²) >= 11 is 1.36. The third kappa shape index (κ3) is 3.01. The van der Waals surface area contributed by atoms with E-state index < -0.39 is 5.82 Å². The van der Waals surface area contributed by atoms with Gasteiger partial charge < -0.3 is 0 Å². The zero-order valence-corrected chi connectivity index (χ0v) is 12.5. The summed E-state index contributed by atoms with van der Waals surface area (Å²) in [7, 11) is 0. The Bertz CT molecular complexity index is 817. The highest BCUT2D eigenvalue weighted by Gasteiger charge is 2.13. The van der Waals surface area contributed by atoms with Crippen molar-refractivity contribution in [2.75, 3.05) is 5.32 Å². The topological polar surface area (TPSA) is 54.9 Å². The Morgan fingerprint density at radius 2 is 2.14 bits per heavy atom. The van der Waals surface area contributed by atoms with Gasteiger partial charge in [0, 0.05) is 23.5 Å². The van der Waals surface area contributed by atoms with Crippen molar-refractivity contribution in [3.8, 4) is 10.4 Å². The van der Waals surface area contributed by atoms with E-state index in [1.54, 1.807) is 18.5 Å². The molecule has 0 radical (unpaired) electrons. The van der Waals surface area contributed by atoms with Crippen LogP contribution in [0.1, 0.15) is 16.1 Å². The average Bonchev–Trinajstić information content (AvgIpc) is 2.88. The summed E-state index contributed by atoms with van der Waals surface area (Å²) in [5, 5.41) is 3.18. The maximum atomic E-state index is 13.2. The molecule has 0 aliphatic carbocycles. The molecular formula is C16H12FN3OS. The number of aromatic nitrogens is 2. The summed E-state index contributed by atoms with van der Waals surface area (Å²) in [6.45, 7) is 1.87. The van der Waals surface area contributed by atoms with E-state index >= 15 is 0 Å². The Kier molecular flexibility index (Phi) is 3.93. The molecule has 1 N–H and O–H groups in total. The third-order valence-corrected chi connectivity index (χ3v) is 4.15. The Balaban J connectivity index is 1.84. The number of nitrogens with zero attached hydrogens (tertiary/aromatic N) is 2. The molecule has 0 spiro atoms. The molecule has 0 aliphatic heterocycles. The highest BCUT2D eigenvalue weighted by atomic mass is 32.1. The lowest BCUT2D eigenvalue weighted by Crippen LogP contribution is -2.11. The van der Waals surface area contributed by atoms with Crippen LogP contribution in [0.2, 0.25) is 0 Å². The lowest BCUT2D eigenvalue weighted by atomic mass is 10.2. The Morgan fingerprint density at radius 3 is 2.86 bits per heavy atom. The largest absolute Gasteiger partial charge is 0.298 e. The van der Waals surface area contributed by atoms with E-state index in [0.29, 0.717) is 5.13 Å². The molecule has 110 valence electrons. The average molecular weight is 313 g/mol. The second kappa shape index (κ2) is 6.03. The number of hydrogen-bond donors (Lipinski definition) is 1. The number of amides is 1. The molecule has 0 unspecified atom stereocenters. The molecule has 3 rings (SSSR count). The number of pyridine rings is 1. The van der Waals surface area contributed by atoms with E-state index in [1.165, 1.54) is 29.5 Å². The number of halogens is 1. The van der Waals surface area contributed by atoms with Gasteiger partial charge in [-0.1, -0.05) is 23.5 Å². The van der Waals surface area contributed by atoms with E-state index in [1.807, 2.05) is 19.1 Å². The lowest BCUT2D eigenvalue weighted by Gasteiger charge is -2.01. The van der Waals surface area contributed by atoms with Gasteiger partial charge in [0.1, 0.15) is 5.82 Å². The van der Waals surface area contributed by atoms with E-state index in [-0.39, 0.29) is 11.5 Å². The molecular weight excluding hydrogens is 301 g/mol. The highest BCUT2D eigenvalue weighted by Crippen LogP contribution is 2.32. The van der Waals surface area contributed by atoms with Crippen molar-refractivity contribution in [1.29, 1.82) is 0 Å². The second-order valence-corrected chi connectivity index (χ2v) is 5.64. The molecule has 6 heteroatoms. The summed E-state index contributed by atoms with van der Waals surface area (Å²) in [5.41, 5.74) is 2.02. The van der Waals surface area contributed by atoms with E-state index in [9.17, 15) is 9.18 Å². The summed E-state index contributed by atoms with van der Waals surface area (Å²) in [6, 6.07) is 9.33. The number of nitrogens with one attached hydrogen (secondary N) is 1. The maximum absolute atomic E-state index is 13.2. The molecule has 0 saturated heterocycles. The highest BCUT2D eigenvalue weighted by molar-refractivity contribution is 7.19. The first kappa shape index (κ1) is 14.3. The number of carbonyl (C=O) groups excluding carboxylic acids is 1. The van der Waals surface area contributed by atoms with Crippen LogP contribution >= 0.6 is 11.3 Å². The molecule has 4 nitrogen and oxygen atoms in total. The quantitative estimate of drug-likeness (QED) is 0.797. The molecule has 1 aromatic carbocycles. The van der Waals surface area contributed by atoms with Gasteiger partial charge in [-0.3, -0.25) is 15.1 Å². The number of rotatable bonds is 3. The van der Waals surface area contributed by atoms with Gasteiger partial charge in [0.2, 0.25) is 0 Å². The summed E-state index contributed by atoms with van der Waals surface area (Å²) in [6.07, 6.45) is 3.45. The van der Waals surface area contributed by atoms with Gasteiger partial charge in [-0.25, -0.2) is 9.37 Å². The van der Waals surface area contributed by atoms with Crippen molar-refractivity contribution in [2.24, 2.45) is 0 Å². The van der Waals surface area contributed by atoms with Crippen LogP contribution in [0.15, 0.2) is 48.8 Å². The first-order valence-electron chi connectivity index (χ1n) is 6.58. The second-order valence-electron chi connectivity index (χ2n) is 4.64. The zero-order chi connectivity index (χ0) is 15.5. The minimum atomic E-state index is -0.445. The van der Waals surface area contributed by atoms with Gasteiger partial charge in [0.15, 0.2) is 5.13 Å². The van der Waals surface area contributed by atoms with Gasteiger partial charge in [-0.15, -0.1) is 0 Å². The van der Waals surface area contributed by atoms with Crippen molar-refractivity contribution in [1.82, 2.24) is 9.97 Å². The number of benzene rings is 1. The van der Waals surface area contributed by atoms with Crippen LogP contribution in [0.5, 0.6) is 0 Å². The van der Waals surface area contributed by atoms with Crippen LogP contribution in [0.3, 0.4) is 0 Å². The predicted molar refractivity (Wildman–Crippen MR) is 84.4 cm³/mol. The Morgan fingerprint density at radius 1 is 1.27 bits per heavy atom. The summed E-state index contributed by atoms with van der Waals surface area (Å²) in [5.74, 6) is -0.829. The first-order chi connectivity index (χ1) is 10.6. The van der Waals surface area contributed by atoms with Crippen molar-refractivity contribution in [3.63, 3.8) is 0 Å². The molecule has 0 aliphatic rings. The Labute approximate surface area is 130 Å². The molecule has 0 saturated carbocycles. The number of anilines is 1. The summed E-state index contributed by atoms with van der Waals surface area (Å²) in [4.78, 5) is 21.5. The van der Waals surface area contributed by atoms with Crippen LogP contribution in [-0.2, 0) is 0 Å². The number of thiazole rings is 1. The maximum Gasteiger partial charge on any atom is 0.257 e. The third-order valence-electron chi connectivity index (χ3n) is 3.03. The fourth-order valence-corrected chi connectivity index (χ4v) is 2.97. The molecule has 3 aromatic rings. The standard InChI is InChI=1S/C16H12FN3OS/c1-10-14(12-5-3-7-18-9-12)22-16(19-10)20-15(21)11-4-2-6-13(17)8-11/h2-9H,1H3,(H,19,20,21). The molecule has 0 bridgehead atoms. The van der Waals surface area contributed by atoms with Crippen LogP contribution in [0.4, 0.5) is 9.52 Å². The zero-order valence-electron chi connectivity index (χ0n) is 11.7. The number of hydrogen-bond acceptors (Lipinski definition) is 4. The molecule has 1 amide bonds. The van der Waals surface area contributed by atoms with Gasteiger partial charge in [-0.05, 0) is 31.2 Å². The van der Waals surface area contributed by atoms with Gasteiger partial charge in [0.25, 0.3) is 5.91 Å². The molecule has 2 aromatic heterocycles. The molecule has 0 atom stereocenters. The van der Waals surface area contributed by atoms with Gasteiger partial charge >= 0.3 is 0 Å². The SMILES string of the molecule is Cc1nc(NC(=O)c2cccc(F)c2)sc1-c1cccnc1. The predicted octanol–water partition coefficient (Wildman–Crippen LogP) is 3.90. The fourth-order valence-electron chi connectivity index (χ4n) is 2.01. The van der Waals surface area contributed by atoms with Crippen molar-refractivity contribution in [2.45, 2.75) is 6.92 Å². The van der Waals surface area contributed by atoms with Crippen molar-refractivity contribution < 1.29 is 9.18 Å².